The van der Waals surface area contributed by atoms with Gasteiger partial charge in [-0.3, -0.25) is 4.79 Å². The zero-order chi connectivity index (χ0) is 10.1. The van der Waals surface area contributed by atoms with E-state index >= 15 is 0 Å². The molecule has 0 saturated heterocycles. The molecule has 1 fully saturated rings. The van der Waals surface area contributed by atoms with Gasteiger partial charge in [0.15, 0.2) is 9.84 Å². The standard InChI is InChI=1S/C8H15NO3S/c1-3-13(11,12)5-8(10)9-7-4-6(7)2/h6-7H,3-5H2,1-2H3,(H,9,10). The largest absolute Gasteiger partial charge is 0.352 e. The number of amides is 1. The third-order valence-electron chi connectivity index (χ3n) is 2.25. The molecule has 1 aliphatic rings. The van der Waals surface area contributed by atoms with Crippen LogP contribution in [0.1, 0.15) is 20.3 Å². The molecule has 2 unspecified atom stereocenters. The number of sulfone groups is 1. The lowest BCUT2D eigenvalue weighted by atomic mass is 10.5. The van der Waals surface area contributed by atoms with E-state index < -0.39 is 9.84 Å². The smallest absolute Gasteiger partial charge is 0.235 e. The second-order valence-corrected chi connectivity index (χ2v) is 5.92. The van der Waals surface area contributed by atoms with Crippen molar-refractivity contribution in [1.82, 2.24) is 5.32 Å². The molecule has 1 saturated carbocycles. The van der Waals surface area contributed by atoms with E-state index in [1.807, 2.05) is 6.92 Å². The van der Waals surface area contributed by atoms with E-state index in [9.17, 15) is 13.2 Å². The number of nitrogens with one attached hydrogen (secondary N) is 1. The molecule has 0 radical (unpaired) electrons. The lowest BCUT2D eigenvalue weighted by Gasteiger charge is -2.02. The van der Waals surface area contributed by atoms with Crippen molar-refractivity contribution in [2.45, 2.75) is 26.3 Å². The minimum Gasteiger partial charge on any atom is -0.352 e. The highest BCUT2D eigenvalue weighted by Gasteiger charge is 2.34. The van der Waals surface area contributed by atoms with Crippen molar-refractivity contribution < 1.29 is 13.2 Å². The summed E-state index contributed by atoms with van der Waals surface area (Å²) in [7, 11) is -3.17. The Morgan fingerprint density at radius 2 is 2.08 bits per heavy atom. The van der Waals surface area contributed by atoms with Crippen molar-refractivity contribution in [3.05, 3.63) is 0 Å². The second kappa shape index (κ2) is 3.65. The first-order valence-electron chi connectivity index (χ1n) is 4.44. The number of carbonyl (C=O) groups is 1. The summed E-state index contributed by atoms with van der Waals surface area (Å²) in [6.07, 6.45) is 0.970. The van der Waals surface area contributed by atoms with E-state index in [2.05, 4.69) is 5.32 Å². The fraction of sp³-hybridized carbons (Fsp3) is 0.875. The van der Waals surface area contributed by atoms with Crippen molar-refractivity contribution in [2.24, 2.45) is 5.92 Å². The minimum absolute atomic E-state index is 0.0284. The summed E-state index contributed by atoms with van der Waals surface area (Å²) < 4.78 is 22.1. The summed E-state index contributed by atoms with van der Waals surface area (Å²) in [5.41, 5.74) is 0. The molecule has 0 aromatic carbocycles. The lowest BCUT2D eigenvalue weighted by Crippen LogP contribution is -2.33. The third kappa shape index (κ3) is 3.34. The molecule has 0 aliphatic heterocycles. The first kappa shape index (κ1) is 10.5. The Hall–Kier alpha value is -0.580. The van der Waals surface area contributed by atoms with Crippen LogP contribution in [-0.2, 0) is 14.6 Å². The molecule has 1 aliphatic carbocycles. The predicted octanol–water partition coefficient (Wildman–Crippen LogP) is -0.0543. The Bertz CT molecular complexity index is 297. The molecule has 76 valence electrons. The number of hydrogen-bond acceptors (Lipinski definition) is 3. The van der Waals surface area contributed by atoms with Gasteiger partial charge in [0.1, 0.15) is 5.75 Å². The third-order valence-corrected chi connectivity index (χ3v) is 3.83. The number of carbonyl (C=O) groups excluding carboxylic acids is 1. The maximum atomic E-state index is 11.1. The van der Waals surface area contributed by atoms with Gasteiger partial charge in [0, 0.05) is 11.8 Å². The average Bonchev–Trinajstić information content (AvgIpc) is 2.65. The van der Waals surface area contributed by atoms with Crippen molar-refractivity contribution in [1.29, 1.82) is 0 Å². The molecule has 0 heterocycles. The molecule has 1 N–H and O–H groups in total. The van der Waals surface area contributed by atoms with Crippen molar-refractivity contribution in [2.75, 3.05) is 11.5 Å². The maximum Gasteiger partial charge on any atom is 0.235 e. The highest BCUT2D eigenvalue weighted by atomic mass is 32.2. The van der Waals surface area contributed by atoms with Gasteiger partial charge in [0.05, 0.1) is 0 Å². The van der Waals surface area contributed by atoms with Crippen LogP contribution in [0.4, 0.5) is 0 Å². The zero-order valence-corrected chi connectivity index (χ0v) is 8.73. The van der Waals surface area contributed by atoms with Gasteiger partial charge in [-0.2, -0.15) is 0 Å². The van der Waals surface area contributed by atoms with Crippen LogP contribution in [0.3, 0.4) is 0 Å². The van der Waals surface area contributed by atoms with Crippen LogP contribution >= 0.6 is 0 Å². The van der Waals surface area contributed by atoms with Gasteiger partial charge < -0.3 is 5.32 Å². The first-order valence-corrected chi connectivity index (χ1v) is 6.26. The van der Waals surface area contributed by atoms with Crippen LogP contribution in [0.2, 0.25) is 0 Å². The predicted molar refractivity (Wildman–Crippen MR) is 50.0 cm³/mol. The Balaban J connectivity index is 2.33. The van der Waals surface area contributed by atoms with E-state index in [1.165, 1.54) is 0 Å². The quantitative estimate of drug-likeness (QED) is 0.699. The van der Waals surface area contributed by atoms with Crippen molar-refractivity contribution in [3.8, 4) is 0 Å². The van der Waals surface area contributed by atoms with E-state index in [4.69, 9.17) is 0 Å². The van der Waals surface area contributed by atoms with Gasteiger partial charge in [-0.05, 0) is 12.3 Å². The van der Waals surface area contributed by atoms with E-state index in [0.717, 1.165) is 6.42 Å². The normalized spacial score (nSPS) is 26.9. The Morgan fingerprint density at radius 1 is 1.54 bits per heavy atom. The van der Waals surface area contributed by atoms with Gasteiger partial charge >= 0.3 is 0 Å². The van der Waals surface area contributed by atoms with E-state index in [-0.39, 0.29) is 23.5 Å². The van der Waals surface area contributed by atoms with Crippen LogP contribution in [0.5, 0.6) is 0 Å². The number of hydrogen-bond donors (Lipinski definition) is 1. The van der Waals surface area contributed by atoms with E-state index in [0.29, 0.717) is 5.92 Å². The molecule has 2 atom stereocenters. The summed E-state index contributed by atoms with van der Waals surface area (Å²) in [6, 6.07) is 0.208. The minimum atomic E-state index is -3.17. The molecule has 0 bridgehead atoms. The fourth-order valence-electron chi connectivity index (χ4n) is 1.07. The highest BCUT2D eigenvalue weighted by Crippen LogP contribution is 2.28. The summed E-state index contributed by atoms with van der Waals surface area (Å²) in [6.45, 7) is 3.57. The number of rotatable bonds is 4. The molecule has 0 aromatic heterocycles. The molecule has 4 nitrogen and oxygen atoms in total. The van der Waals surface area contributed by atoms with Gasteiger partial charge in [0.25, 0.3) is 0 Å². The Labute approximate surface area is 78.6 Å². The summed E-state index contributed by atoms with van der Waals surface area (Å²) in [4.78, 5) is 11.1. The SMILES string of the molecule is CCS(=O)(=O)CC(=O)NC1CC1C. The van der Waals surface area contributed by atoms with Crippen LogP contribution in [0, 0.1) is 5.92 Å². The molecule has 13 heavy (non-hydrogen) atoms. The topological polar surface area (TPSA) is 63.2 Å². The van der Waals surface area contributed by atoms with Crippen LogP contribution in [0.15, 0.2) is 0 Å². The lowest BCUT2D eigenvalue weighted by molar-refractivity contribution is -0.118. The molecule has 0 spiro atoms. The highest BCUT2D eigenvalue weighted by molar-refractivity contribution is 7.92. The van der Waals surface area contributed by atoms with E-state index in [1.54, 1.807) is 6.92 Å². The Kier molecular flexibility index (Phi) is 2.95. The van der Waals surface area contributed by atoms with Crippen molar-refractivity contribution >= 4 is 15.7 Å². The van der Waals surface area contributed by atoms with Crippen LogP contribution < -0.4 is 5.32 Å². The summed E-state index contributed by atoms with van der Waals surface area (Å²) in [5.74, 6) is -0.197. The average molecular weight is 205 g/mol. The molecule has 5 heteroatoms. The van der Waals surface area contributed by atoms with Gasteiger partial charge in [-0.15, -0.1) is 0 Å². The summed E-state index contributed by atoms with van der Waals surface area (Å²) in [5, 5.41) is 2.68. The fourth-order valence-corrected chi connectivity index (χ4v) is 1.76. The van der Waals surface area contributed by atoms with Crippen molar-refractivity contribution in [3.63, 3.8) is 0 Å². The molecule has 1 amide bonds. The molecule has 0 aromatic rings. The molecular formula is C8H15NO3S. The monoisotopic (exact) mass is 205 g/mol. The van der Waals surface area contributed by atoms with Gasteiger partial charge in [-0.1, -0.05) is 13.8 Å². The second-order valence-electron chi connectivity index (χ2n) is 3.56. The molecule has 1 rings (SSSR count). The summed E-state index contributed by atoms with van der Waals surface area (Å²) >= 11 is 0. The van der Waals surface area contributed by atoms with Crippen LogP contribution in [-0.4, -0.2) is 31.9 Å². The first-order chi connectivity index (χ1) is 5.94. The molecular weight excluding hydrogens is 190 g/mol. The van der Waals surface area contributed by atoms with Gasteiger partial charge in [-0.25, -0.2) is 8.42 Å². The van der Waals surface area contributed by atoms with Gasteiger partial charge in [0.2, 0.25) is 5.91 Å². The Morgan fingerprint density at radius 3 is 2.46 bits per heavy atom. The van der Waals surface area contributed by atoms with Crippen LogP contribution in [0.25, 0.3) is 0 Å². The maximum absolute atomic E-state index is 11.1. The zero-order valence-electron chi connectivity index (χ0n) is 7.91.